The number of carbonyl (C=O) groups is 1. The summed E-state index contributed by atoms with van der Waals surface area (Å²) in [7, 11) is 0. The first kappa shape index (κ1) is 15.3. The van der Waals surface area contributed by atoms with Gasteiger partial charge in [0.1, 0.15) is 5.01 Å². The standard InChI is InChI=1S/C9H16N4OS.ClH/c1-2-3-4-5-8-12-13-9(15-8)11-7(14)6-10;/h2-6,10H2,1H3,(H,11,13,14);1H. The zero-order valence-corrected chi connectivity index (χ0v) is 10.9. The number of anilines is 1. The smallest absolute Gasteiger partial charge is 0.239 e. The van der Waals surface area contributed by atoms with Crippen LogP contribution in [0.25, 0.3) is 0 Å². The average molecular weight is 265 g/mol. The number of nitrogens with two attached hydrogens (primary N) is 1. The topological polar surface area (TPSA) is 80.9 Å². The molecule has 0 aliphatic rings. The van der Waals surface area contributed by atoms with Gasteiger partial charge in [0.2, 0.25) is 11.0 Å². The van der Waals surface area contributed by atoms with Crippen molar-refractivity contribution < 1.29 is 4.79 Å². The van der Waals surface area contributed by atoms with Crippen molar-refractivity contribution in [1.82, 2.24) is 10.2 Å². The normalized spacial score (nSPS) is 9.62. The third-order valence-electron chi connectivity index (χ3n) is 1.89. The Morgan fingerprint density at radius 2 is 2.19 bits per heavy atom. The van der Waals surface area contributed by atoms with E-state index in [4.69, 9.17) is 5.73 Å². The maximum atomic E-state index is 11.0. The second-order valence-corrected chi connectivity index (χ2v) is 4.27. The van der Waals surface area contributed by atoms with E-state index in [1.807, 2.05) is 0 Å². The monoisotopic (exact) mass is 264 g/mol. The largest absolute Gasteiger partial charge is 0.322 e. The number of hydrogen-bond acceptors (Lipinski definition) is 5. The van der Waals surface area contributed by atoms with Gasteiger partial charge in [0.25, 0.3) is 0 Å². The van der Waals surface area contributed by atoms with Gasteiger partial charge in [0.15, 0.2) is 0 Å². The highest BCUT2D eigenvalue weighted by Crippen LogP contribution is 2.17. The molecule has 0 saturated carbocycles. The van der Waals surface area contributed by atoms with E-state index in [-0.39, 0.29) is 24.9 Å². The van der Waals surface area contributed by atoms with Crippen LogP contribution in [-0.4, -0.2) is 22.6 Å². The van der Waals surface area contributed by atoms with E-state index in [1.165, 1.54) is 24.2 Å². The van der Waals surface area contributed by atoms with Crippen LogP contribution >= 0.6 is 23.7 Å². The van der Waals surface area contributed by atoms with Crippen LogP contribution in [0.2, 0.25) is 0 Å². The van der Waals surface area contributed by atoms with Crippen LogP contribution in [0, 0.1) is 0 Å². The van der Waals surface area contributed by atoms with Crippen molar-refractivity contribution in [3.63, 3.8) is 0 Å². The fraction of sp³-hybridized carbons (Fsp3) is 0.667. The minimum Gasteiger partial charge on any atom is -0.322 e. The molecule has 3 N–H and O–H groups in total. The highest BCUT2D eigenvalue weighted by atomic mass is 35.5. The third-order valence-corrected chi connectivity index (χ3v) is 2.79. The van der Waals surface area contributed by atoms with Crippen molar-refractivity contribution in [2.24, 2.45) is 5.73 Å². The van der Waals surface area contributed by atoms with E-state index in [0.717, 1.165) is 17.8 Å². The number of carbonyl (C=O) groups excluding carboxylic acids is 1. The molecule has 1 aromatic rings. The molecular weight excluding hydrogens is 248 g/mol. The van der Waals surface area contributed by atoms with Crippen molar-refractivity contribution in [2.45, 2.75) is 32.6 Å². The summed E-state index contributed by atoms with van der Waals surface area (Å²) < 4.78 is 0. The van der Waals surface area contributed by atoms with Crippen LogP contribution in [0.5, 0.6) is 0 Å². The van der Waals surface area contributed by atoms with E-state index >= 15 is 0 Å². The minimum absolute atomic E-state index is 0. The summed E-state index contributed by atoms with van der Waals surface area (Å²) in [4.78, 5) is 11.0. The first-order chi connectivity index (χ1) is 7.26. The maximum absolute atomic E-state index is 11.0. The van der Waals surface area contributed by atoms with Gasteiger partial charge in [-0.3, -0.25) is 10.1 Å². The quantitative estimate of drug-likeness (QED) is 0.765. The summed E-state index contributed by atoms with van der Waals surface area (Å²) in [6.07, 6.45) is 4.44. The molecule has 0 aliphatic heterocycles. The minimum atomic E-state index is -0.230. The summed E-state index contributed by atoms with van der Waals surface area (Å²) in [5, 5.41) is 11.9. The number of nitrogens with zero attached hydrogens (tertiary/aromatic N) is 2. The van der Waals surface area contributed by atoms with Gasteiger partial charge >= 0.3 is 0 Å². The number of hydrogen-bond donors (Lipinski definition) is 2. The fourth-order valence-electron chi connectivity index (χ4n) is 1.10. The Morgan fingerprint density at radius 3 is 2.81 bits per heavy atom. The summed E-state index contributed by atoms with van der Waals surface area (Å²) in [6.45, 7) is 2.14. The molecule has 0 bridgehead atoms. The predicted molar refractivity (Wildman–Crippen MR) is 68.1 cm³/mol. The van der Waals surface area contributed by atoms with Crippen LogP contribution in [0.3, 0.4) is 0 Å². The number of aryl methyl sites for hydroxylation is 1. The highest BCUT2D eigenvalue weighted by molar-refractivity contribution is 7.15. The fourth-order valence-corrected chi connectivity index (χ4v) is 1.90. The Morgan fingerprint density at radius 1 is 1.44 bits per heavy atom. The highest BCUT2D eigenvalue weighted by Gasteiger charge is 2.06. The zero-order valence-electron chi connectivity index (χ0n) is 9.23. The lowest BCUT2D eigenvalue weighted by atomic mass is 10.2. The first-order valence-corrected chi connectivity index (χ1v) is 5.90. The van der Waals surface area contributed by atoms with Crippen molar-refractivity contribution in [3.8, 4) is 0 Å². The van der Waals surface area contributed by atoms with Crippen molar-refractivity contribution in [1.29, 1.82) is 0 Å². The van der Waals surface area contributed by atoms with E-state index in [0.29, 0.717) is 5.13 Å². The van der Waals surface area contributed by atoms with Crippen molar-refractivity contribution in [3.05, 3.63) is 5.01 Å². The second-order valence-electron chi connectivity index (χ2n) is 3.21. The lowest BCUT2D eigenvalue weighted by Crippen LogP contribution is -2.21. The molecular formula is C9H17ClN4OS. The predicted octanol–water partition coefficient (Wildman–Crippen LogP) is 1.59. The van der Waals surface area contributed by atoms with Crippen LogP contribution < -0.4 is 11.1 Å². The molecule has 0 unspecified atom stereocenters. The second kappa shape index (κ2) is 8.43. The van der Waals surface area contributed by atoms with Gasteiger partial charge in [-0.25, -0.2) is 0 Å². The number of unbranched alkanes of at least 4 members (excludes halogenated alkanes) is 2. The van der Waals surface area contributed by atoms with E-state index < -0.39 is 0 Å². The molecule has 5 nitrogen and oxygen atoms in total. The zero-order chi connectivity index (χ0) is 11.1. The summed E-state index contributed by atoms with van der Waals surface area (Å²) in [5.41, 5.74) is 5.17. The first-order valence-electron chi connectivity index (χ1n) is 5.08. The number of rotatable bonds is 6. The maximum Gasteiger partial charge on any atom is 0.239 e. The van der Waals surface area contributed by atoms with Gasteiger partial charge in [-0.2, -0.15) is 0 Å². The molecule has 0 atom stereocenters. The molecule has 0 saturated heterocycles. The molecule has 0 spiro atoms. The molecule has 1 heterocycles. The molecule has 92 valence electrons. The molecule has 0 aromatic carbocycles. The summed E-state index contributed by atoms with van der Waals surface area (Å²) in [6, 6.07) is 0. The molecule has 16 heavy (non-hydrogen) atoms. The Balaban J connectivity index is 0.00000225. The Labute approximate surface area is 105 Å². The Kier molecular flexibility index (Phi) is 8.05. The van der Waals surface area contributed by atoms with Gasteiger partial charge in [0, 0.05) is 6.42 Å². The molecule has 1 rings (SSSR count). The number of amides is 1. The van der Waals surface area contributed by atoms with Crippen LogP contribution in [0.15, 0.2) is 0 Å². The molecule has 7 heteroatoms. The molecule has 0 fully saturated rings. The third kappa shape index (κ3) is 5.39. The van der Waals surface area contributed by atoms with Gasteiger partial charge in [-0.05, 0) is 6.42 Å². The van der Waals surface area contributed by atoms with Crippen molar-refractivity contribution >= 4 is 34.8 Å². The molecule has 0 aliphatic carbocycles. The number of halogens is 1. The Bertz CT molecular complexity index is 318. The lowest BCUT2D eigenvalue weighted by Gasteiger charge is -1.95. The van der Waals surface area contributed by atoms with Gasteiger partial charge in [-0.1, -0.05) is 31.1 Å². The van der Waals surface area contributed by atoms with E-state index in [9.17, 15) is 4.79 Å². The van der Waals surface area contributed by atoms with Crippen LogP contribution in [0.1, 0.15) is 31.2 Å². The summed E-state index contributed by atoms with van der Waals surface area (Å²) in [5.74, 6) is -0.230. The molecule has 1 amide bonds. The van der Waals surface area contributed by atoms with Crippen molar-refractivity contribution in [2.75, 3.05) is 11.9 Å². The van der Waals surface area contributed by atoms with Crippen LogP contribution in [-0.2, 0) is 11.2 Å². The Hall–Kier alpha value is -0.720. The summed E-state index contributed by atoms with van der Waals surface area (Å²) >= 11 is 1.42. The lowest BCUT2D eigenvalue weighted by molar-refractivity contribution is -0.114. The van der Waals surface area contributed by atoms with Gasteiger partial charge in [-0.15, -0.1) is 22.6 Å². The van der Waals surface area contributed by atoms with E-state index in [1.54, 1.807) is 0 Å². The van der Waals surface area contributed by atoms with Gasteiger partial charge < -0.3 is 5.73 Å². The SMILES string of the molecule is CCCCCc1nnc(NC(=O)CN)s1.Cl. The number of nitrogens with one attached hydrogen (secondary N) is 1. The number of aromatic nitrogens is 2. The molecule has 0 radical (unpaired) electrons. The van der Waals surface area contributed by atoms with Gasteiger partial charge in [0.05, 0.1) is 6.54 Å². The van der Waals surface area contributed by atoms with E-state index in [2.05, 4.69) is 22.4 Å². The molecule has 1 aromatic heterocycles. The van der Waals surface area contributed by atoms with Crippen LogP contribution in [0.4, 0.5) is 5.13 Å². The average Bonchev–Trinajstić information content (AvgIpc) is 2.66.